The number of carbonyl (C=O) groups excluding carboxylic acids is 1. The molecule has 0 radical (unpaired) electrons. The Hall–Kier alpha value is -2.81. The zero-order valence-corrected chi connectivity index (χ0v) is 15.2. The number of halogens is 1. The van der Waals surface area contributed by atoms with Gasteiger partial charge in [-0.15, -0.1) is 11.3 Å². The van der Waals surface area contributed by atoms with Crippen LogP contribution in [-0.2, 0) is 6.42 Å². The predicted octanol–water partition coefficient (Wildman–Crippen LogP) is 2.68. The number of fused-ring (bicyclic) bond motifs is 1. The molecule has 0 saturated carbocycles. The minimum atomic E-state index is -0.777. The summed E-state index contributed by atoms with van der Waals surface area (Å²) < 4.78 is 13.4. The summed E-state index contributed by atoms with van der Waals surface area (Å²) >= 11 is 1.39. The SMILES string of the molecule is O=C1c2sc(-c3ccc(N4CC[C@@H](F)C4)nc3)nc2CCN1c1cn[nH]c1. The molecule has 1 atom stereocenters. The van der Waals surface area contributed by atoms with Crippen molar-refractivity contribution in [1.82, 2.24) is 20.2 Å². The number of aromatic nitrogens is 4. The van der Waals surface area contributed by atoms with Gasteiger partial charge < -0.3 is 9.80 Å². The first-order valence-corrected chi connectivity index (χ1v) is 9.66. The molecule has 7 nitrogen and oxygen atoms in total. The minimum Gasteiger partial charge on any atom is -0.354 e. The van der Waals surface area contributed by atoms with Crippen LogP contribution >= 0.6 is 11.3 Å². The Morgan fingerprint density at radius 1 is 1.26 bits per heavy atom. The van der Waals surface area contributed by atoms with Gasteiger partial charge in [-0.05, 0) is 18.6 Å². The molecule has 3 aromatic rings. The third-order valence-corrected chi connectivity index (χ3v) is 6.09. The monoisotopic (exact) mass is 384 g/mol. The fourth-order valence-corrected chi connectivity index (χ4v) is 4.57. The molecule has 1 saturated heterocycles. The lowest BCUT2D eigenvalue weighted by atomic mass is 10.1. The van der Waals surface area contributed by atoms with E-state index in [1.807, 2.05) is 17.0 Å². The molecule has 1 amide bonds. The largest absolute Gasteiger partial charge is 0.354 e. The molecular formula is C18H17FN6OS. The zero-order chi connectivity index (χ0) is 18.4. The number of hydrogen-bond donors (Lipinski definition) is 1. The van der Waals surface area contributed by atoms with Crippen molar-refractivity contribution in [3.05, 3.63) is 41.3 Å². The fourth-order valence-electron chi connectivity index (χ4n) is 3.52. The topological polar surface area (TPSA) is 78.0 Å². The Morgan fingerprint density at radius 2 is 2.19 bits per heavy atom. The maximum atomic E-state index is 13.4. The first-order valence-electron chi connectivity index (χ1n) is 8.85. The molecule has 0 aliphatic carbocycles. The van der Waals surface area contributed by atoms with Crippen molar-refractivity contribution in [2.75, 3.05) is 29.4 Å². The summed E-state index contributed by atoms with van der Waals surface area (Å²) in [5.41, 5.74) is 2.48. The highest BCUT2D eigenvalue weighted by Gasteiger charge is 2.30. The van der Waals surface area contributed by atoms with Gasteiger partial charge in [0.05, 0.1) is 24.1 Å². The van der Waals surface area contributed by atoms with Crippen LogP contribution in [0.3, 0.4) is 0 Å². The van der Waals surface area contributed by atoms with Gasteiger partial charge in [-0.1, -0.05) is 0 Å². The van der Waals surface area contributed by atoms with Gasteiger partial charge in [-0.3, -0.25) is 9.89 Å². The normalized spacial score (nSPS) is 19.6. The lowest BCUT2D eigenvalue weighted by Crippen LogP contribution is -2.36. The van der Waals surface area contributed by atoms with Gasteiger partial charge in [0.2, 0.25) is 0 Å². The molecule has 0 unspecified atom stereocenters. The lowest BCUT2D eigenvalue weighted by Gasteiger charge is -2.24. The number of amides is 1. The first-order chi connectivity index (χ1) is 13.2. The van der Waals surface area contributed by atoms with E-state index in [4.69, 9.17) is 0 Å². The van der Waals surface area contributed by atoms with Gasteiger partial charge in [-0.25, -0.2) is 14.4 Å². The molecule has 5 rings (SSSR count). The van der Waals surface area contributed by atoms with E-state index < -0.39 is 6.17 Å². The Kier molecular flexibility index (Phi) is 3.89. The molecule has 0 bridgehead atoms. The summed E-state index contributed by atoms with van der Waals surface area (Å²) in [5, 5.41) is 7.44. The fraction of sp³-hybridized carbons (Fsp3) is 0.333. The lowest BCUT2D eigenvalue weighted by molar-refractivity contribution is 0.0984. The molecule has 5 heterocycles. The number of rotatable bonds is 3. The Labute approximate surface area is 158 Å². The second kappa shape index (κ2) is 6.41. The van der Waals surface area contributed by atoms with E-state index in [1.54, 1.807) is 23.5 Å². The average molecular weight is 384 g/mol. The van der Waals surface area contributed by atoms with E-state index in [0.717, 1.165) is 27.8 Å². The van der Waals surface area contributed by atoms with Crippen LogP contribution < -0.4 is 9.80 Å². The van der Waals surface area contributed by atoms with Crippen molar-refractivity contribution in [2.45, 2.75) is 19.0 Å². The minimum absolute atomic E-state index is 0.0444. The Morgan fingerprint density at radius 3 is 2.89 bits per heavy atom. The smallest absolute Gasteiger partial charge is 0.270 e. The van der Waals surface area contributed by atoms with Gasteiger partial charge in [0.25, 0.3) is 5.91 Å². The van der Waals surface area contributed by atoms with Crippen LogP contribution in [0.15, 0.2) is 30.7 Å². The average Bonchev–Trinajstić information content (AvgIpc) is 3.43. The van der Waals surface area contributed by atoms with Crippen LogP contribution in [0.1, 0.15) is 21.8 Å². The molecule has 1 fully saturated rings. The Bertz CT molecular complexity index is 970. The number of anilines is 2. The maximum absolute atomic E-state index is 13.4. The quantitative estimate of drug-likeness (QED) is 0.751. The molecule has 138 valence electrons. The number of nitrogens with zero attached hydrogens (tertiary/aromatic N) is 5. The summed E-state index contributed by atoms with van der Waals surface area (Å²) in [6.07, 6.45) is 5.60. The molecule has 27 heavy (non-hydrogen) atoms. The molecular weight excluding hydrogens is 367 g/mol. The molecule has 1 N–H and O–H groups in total. The van der Waals surface area contributed by atoms with Gasteiger partial charge in [0.15, 0.2) is 0 Å². The molecule has 9 heteroatoms. The second-order valence-electron chi connectivity index (χ2n) is 6.70. The van der Waals surface area contributed by atoms with Crippen molar-refractivity contribution in [2.24, 2.45) is 0 Å². The highest BCUT2D eigenvalue weighted by molar-refractivity contribution is 7.17. The number of hydrogen-bond acceptors (Lipinski definition) is 6. The van der Waals surface area contributed by atoms with E-state index in [1.165, 1.54) is 11.3 Å². The summed E-state index contributed by atoms with van der Waals surface area (Å²) in [5.74, 6) is 0.736. The molecule has 0 spiro atoms. The number of H-pyrrole nitrogens is 1. The van der Waals surface area contributed by atoms with Gasteiger partial charge >= 0.3 is 0 Å². The van der Waals surface area contributed by atoms with Crippen LogP contribution in [0.4, 0.5) is 15.9 Å². The van der Waals surface area contributed by atoms with Crippen LogP contribution in [0.25, 0.3) is 10.6 Å². The molecule has 3 aromatic heterocycles. The van der Waals surface area contributed by atoms with Crippen molar-refractivity contribution in [3.63, 3.8) is 0 Å². The first kappa shape index (κ1) is 16.4. The third-order valence-electron chi connectivity index (χ3n) is 4.95. The van der Waals surface area contributed by atoms with Gasteiger partial charge in [-0.2, -0.15) is 5.10 Å². The van der Waals surface area contributed by atoms with Crippen molar-refractivity contribution in [1.29, 1.82) is 0 Å². The zero-order valence-electron chi connectivity index (χ0n) is 14.4. The van der Waals surface area contributed by atoms with Crippen molar-refractivity contribution in [3.8, 4) is 10.6 Å². The molecule has 2 aliphatic rings. The Balaban J connectivity index is 1.40. The summed E-state index contributed by atoms with van der Waals surface area (Å²) in [6.45, 7) is 1.68. The maximum Gasteiger partial charge on any atom is 0.270 e. The van der Waals surface area contributed by atoms with Crippen LogP contribution in [0.2, 0.25) is 0 Å². The third kappa shape index (κ3) is 2.87. The number of nitrogens with one attached hydrogen (secondary N) is 1. The number of thiazole rings is 1. The van der Waals surface area contributed by atoms with E-state index in [-0.39, 0.29) is 5.91 Å². The highest BCUT2D eigenvalue weighted by Crippen LogP contribution is 2.33. The number of carbonyl (C=O) groups is 1. The van der Waals surface area contributed by atoms with Gasteiger partial charge in [0.1, 0.15) is 21.9 Å². The molecule has 0 aromatic carbocycles. The standard InChI is InChI=1S/C18H17FN6OS/c19-12-3-5-24(10-12)15-2-1-11(7-20-15)17-23-14-4-6-25(13-8-21-22-9-13)18(26)16(14)27-17/h1-2,7-9,12H,3-6,10H2,(H,21,22)/t12-/m1/s1. The van der Waals surface area contributed by atoms with E-state index in [9.17, 15) is 9.18 Å². The molecule has 2 aliphatic heterocycles. The number of aromatic amines is 1. The summed E-state index contributed by atoms with van der Waals surface area (Å²) in [4.78, 5) is 26.3. The predicted molar refractivity (Wildman–Crippen MR) is 101 cm³/mol. The van der Waals surface area contributed by atoms with Crippen LogP contribution in [-0.4, -0.2) is 51.9 Å². The van der Waals surface area contributed by atoms with Crippen molar-refractivity contribution >= 4 is 28.7 Å². The second-order valence-corrected chi connectivity index (χ2v) is 7.69. The summed E-state index contributed by atoms with van der Waals surface area (Å²) in [7, 11) is 0. The highest BCUT2D eigenvalue weighted by atomic mass is 32.1. The number of alkyl halides is 1. The number of pyridine rings is 1. The van der Waals surface area contributed by atoms with E-state index in [2.05, 4.69) is 20.2 Å². The summed E-state index contributed by atoms with van der Waals surface area (Å²) in [6, 6.07) is 3.84. The van der Waals surface area contributed by atoms with Crippen LogP contribution in [0, 0.1) is 0 Å². The van der Waals surface area contributed by atoms with Crippen molar-refractivity contribution < 1.29 is 9.18 Å². The van der Waals surface area contributed by atoms with Gasteiger partial charge in [0, 0.05) is 37.5 Å². The van der Waals surface area contributed by atoms with E-state index in [0.29, 0.717) is 37.4 Å². The van der Waals surface area contributed by atoms with E-state index >= 15 is 0 Å². The van der Waals surface area contributed by atoms with Crippen LogP contribution in [0.5, 0.6) is 0 Å².